The van der Waals surface area contributed by atoms with Gasteiger partial charge in [0.05, 0.1) is 5.52 Å². The van der Waals surface area contributed by atoms with Crippen LogP contribution >= 0.6 is 0 Å². The van der Waals surface area contributed by atoms with Crippen LogP contribution in [0.4, 0.5) is 0 Å². The van der Waals surface area contributed by atoms with Crippen molar-refractivity contribution < 1.29 is 0 Å². The van der Waals surface area contributed by atoms with E-state index in [-0.39, 0.29) is 0 Å². The summed E-state index contributed by atoms with van der Waals surface area (Å²) < 4.78 is 2.01. The van der Waals surface area contributed by atoms with Gasteiger partial charge >= 0.3 is 0 Å². The van der Waals surface area contributed by atoms with Crippen molar-refractivity contribution in [3.05, 3.63) is 54.1 Å². The molecule has 96 valence electrons. The molecule has 3 aromatic rings. The van der Waals surface area contributed by atoms with Gasteiger partial charge in [-0.2, -0.15) is 0 Å². The fraction of sp³-hybridized carbons (Fsp3) is 0.200. The Morgan fingerprint density at radius 1 is 1.26 bits per heavy atom. The first kappa shape index (κ1) is 11.9. The van der Waals surface area contributed by atoms with Crippen LogP contribution in [0.15, 0.2) is 42.7 Å². The molecule has 1 aromatic carbocycles. The molecule has 4 heteroatoms. The first-order chi connectivity index (χ1) is 9.29. The van der Waals surface area contributed by atoms with Crippen molar-refractivity contribution in [1.29, 1.82) is 0 Å². The van der Waals surface area contributed by atoms with Gasteiger partial charge in [-0.3, -0.25) is 4.57 Å². The number of aromatic nitrogens is 3. The van der Waals surface area contributed by atoms with E-state index in [9.17, 15) is 0 Å². The lowest BCUT2D eigenvalue weighted by Crippen LogP contribution is -2.09. The second-order valence-electron chi connectivity index (χ2n) is 4.55. The number of para-hydroxylation sites is 1. The molecule has 0 atom stereocenters. The highest BCUT2D eigenvalue weighted by Gasteiger charge is 2.10. The maximum Gasteiger partial charge on any atom is 0.142 e. The second kappa shape index (κ2) is 4.82. The Morgan fingerprint density at radius 3 is 2.84 bits per heavy atom. The number of pyridine rings is 1. The third-order valence-electron chi connectivity index (χ3n) is 3.25. The standard InChI is InChI=1S/C15H16N4/c1-11-17-8-9-19(11)15-13(6-7-16)10-12-4-2-3-5-14(12)18-15/h2-5,8-10H,6-7,16H2,1H3. The average molecular weight is 252 g/mol. The number of nitrogens with two attached hydrogens (primary N) is 1. The van der Waals surface area contributed by atoms with Crippen LogP contribution in [-0.4, -0.2) is 21.1 Å². The molecule has 0 saturated heterocycles. The molecule has 19 heavy (non-hydrogen) atoms. The number of fused-ring (bicyclic) bond motifs is 1. The van der Waals surface area contributed by atoms with Crippen LogP contribution in [0, 0.1) is 6.92 Å². The maximum absolute atomic E-state index is 5.71. The first-order valence-corrected chi connectivity index (χ1v) is 6.38. The highest BCUT2D eigenvalue weighted by atomic mass is 15.1. The van der Waals surface area contributed by atoms with Crippen molar-refractivity contribution in [3.8, 4) is 5.82 Å². The number of hydrogen-bond donors (Lipinski definition) is 1. The molecule has 0 radical (unpaired) electrons. The monoisotopic (exact) mass is 252 g/mol. The predicted molar refractivity (Wildman–Crippen MR) is 76.4 cm³/mol. The Hall–Kier alpha value is -2.20. The minimum Gasteiger partial charge on any atom is -0.330 e. The Balaban J connectivity index is 2.26. The molecule has 0 aliphatic heterocycles. The Bertz CT molecular complexity index is 715. The summed E-state index contributed by atoms with van der Waals surface area (Å²) in [5.41, 5.74) is 7.86. The zero-order valence-electron chi connectivity index (χ0n) is 10.9. The SMILES string of the molecule is Cc1nccn1-c1nc2ccccc2cc1CCN. The third kappa shape index (κ3) is 2.11. The lowest BCUT2D eigenvalue weighted by Gasteiger charge is -2.12. The predicted octanol–water partition coefficient (Wildman–Crippen LogP) is 2.23. The highest BCUT2D eigenvalue weighted by Crippen LogP contribution is 2.20. The van der Waals surface area contributed by atoms with Crippen LogP contribution in [-0.2, 0) is 6.42 Å². The Morgan fingerprint density at radius 2 is 2.11 bits per heavy atom. The van der Waals surface area contributed by atoms with Gasteiger partial charge in [0.15, 0.2) is 0 Å². The number of benzene rings is 1. The summed E-state index contributed by atoms with van der Waals surface area (Å²) >= 11 is 0. The average Bonchev–Trinajstić information content (AvgIpc) is 2.84. The van der Waals surface area contributed by atoms with E-state index < -0.39 is 0 Å². The molecule has 0 spiro atoms. The van der Waals surface area contributed by atoms with Gasteiger partial charge in [0.2, 0.25) is 0 Å². The third-order valence-corrected chi connectivity index (χ3v) is 3.25. The molecule has 2 heterocycles. The van der Waals surface area contributed by atoms with Gasteiger partial charge in [0.25, 0.3) is 0 Å². The fourth-order valence-corrected chi connectivity index (χ4v) is 2.30. The van der Waals surface area contributed by atoms with Crippen molar-refractivity contribution >= 4 is 10.9 Å². The molecule has 0 amide bonds. The van der Waals surface area contributed by atoms with Crippen LogP contribution < -0.4 is 5.73 Å². The normalized spacial score (nSPS) is 11.1. The summed E-state index contributed by atoms with van der Waals surface area (Å²) in [5, 5.41) is 1.15. The molecular formula is C15H16N4. The van der Waals surface area contributed by atoms with E-state index in [4.69, 9.17) is 10.7 Å². The molecular weight excluding hydrogens is 236 g/mol. The van der Waals surface area contributed by atoms with E-state index in [0.29, 0.717) is 6.54 Å². The topological polar surface area (TPSA) is 56.7 Å². The summed E-state index contributed by atoms with van der Waals surface area (Å²) in [6.07, 6.45) is 4.54. The van der Waals surface area contributed by atoms with Crippen LogP contribution in [0.25, 0.3) is 16.7 Å². The molecule has 2 aromatic heterocycles. The second-order valence-corrected chi connectivity index (χ2v) is 4.55. The lowest BCUT2D eigenvalue weighted by atomic mass is 10.1. The van der Waals surface area contributed by atoms with Crippen LogP contribution in [0.5, 0.6) is 0 Å². The van der Waals surface area contributed by atoms with Crippen LogP contribution in [0.1, 0.15) is 11.4 Å². The van der Waals surface area contributed by atoms with Gasteiger partial charge in [-0.05, 0) is 37.6 Å². The first-order valence-electron chi connectivity index (χ1n) is 6.38. The van der Waals surface area contributed by atoms with Crippen LogP contribution in [0.3, 0.4) is 0 Å². The van der Waals surface area contributed by atoms with Gasteiger partial charge in [-0.25, -0.2) is 9.97 Å². The zero-order chi connectivity index (χ0) is 13.2. The minimum absolute atomic E-state index is 0.612. The largest absolute Gasteiger partial charge is 0.330 e. The number of rotatable bonds is 3. The minimum atomic E-state index is 0.612. The molecule has 0 fully saturated rings. The quantitative estimate of drug-likeness (QED) is 0.777. The maximum atomic E-state index is 5.71. The lowest BCUT2D eigenvalue weighted by molar-refractivity contribution is 0.886. The van der Waals surface area contributed by atoms with E-state index in [1.807, 2.05) is 35.9 Å². The van der Waals surface area contributed by atoms with Crippen molar-refractivity contribution in [2.24, 2.45) is 5.73 Å². The number of aryl methyl sites for hydroxylation is 1. The van der Waals surface area contributed by atoms with Gasteiger partial charge in [0, 0.05) is 17.8 Å². The number of hydrogen-bond acceptors (Lipinski definition) is 3. The molecule has 0 aliphatic rings. The fourth-order valence-electron chi connectivity index (χ4n) is 2.30. The summed E-state index contributed by atoms with van der Waals surface area (Å²) in [7, 11) is 0. The summed E-state index contributed by atoms with van der Waals surface area (Å²) in [6, 6.07) is 10.3. The van der Waals surface area contributed by atoms with E-state index in [2.05, 4.69) is 17.1 Å². The zero-order valence-corrected chi connectivity index (χ0v) is 10.9. The molecule has 0 bridgehead atoms. The molecule has 3 rings (SSSR count). The van der Waals surface area contributed by atoms with E-state index in [0.717, 1.165) is 34.5 Å². The highest BCUT2D eigenvalue weighted by molar-refractivity contribution is 5.80. The van der Waals surface area contributed by atoms with Gasteiger partial charge in [-0.1, -0.05) is 18.2 Å². The van der Waals surface area contributed by atoms with Crippen molar-refractivity contribution in [1.82, 2.24) is 14.5 Å². The van der Waals surface area contributed by atoms with E-state index in [1.165, 1.54) is 0 Å². The van der Waals surface area contributed by atoms with Crippen molar-refractivity contribution in [3.63, 3.8) is 0 Å². The van der Waals surface area contributed by atoms with Gasteiger partial charge in [0.1, 0.15) is 11.6 Å². The smallest absolute Gasteiger partial charge is 0.142 e. The van der Waals surface area contributed by atoms with Gasteiger partial charge in [-0.15, -0.1) is 0 Å². The summed E-state index contributed by atoms with van der Waals surface area (Å²) in [4.78, 5) is 9.03. The van der Waals surface area contributed by atoms with E-state index >= 15 is 0 Å². The van der Waals surface area contributed by atoms with Crippen LogP contribution in [0.2, 0.25) is 0 Å². The Kier molecular flexibility index (Phi) is 3.01. The Labute approximate surface area is 111 Å². The summed E-state index contributed by atoms with van der Waals surface area (Å²) in [6.45, 7) is 2.59. The molecule has 4 nitrogen and oxygen atoms in total. The number of nitrogens with zero attached hydrogens (tertiary/aromatic N) is 3. The van der Waals surface area contributed by atoms with Crippen molar-refractivity contribution in [2.75, 3.05) is 6.54 Å². The molecule has 0 saturated carbocycles. The van der Waals surface area contributed by atoms with Gasteiger partial charge < -0.3 is 5.73 Å². The molecule has 0 aliphatic carbocycles. The summed E-state index contributed by atoms with van der Waals surface area (Å²) in [5.74, 6) is 1.86. The van der Waals surface area contributed by atoms with E-state index in [1.54, 1.807) is 6.20 Å². The van der Waals surface area contributed by atoms with Crippen molar-refractivity contribution in [2.45, 2.75) is 13.3 Å². The molecule has 2 N–H and O–H groups in total. The number of imidazole rings is 1. The molecule has 0 unspecified atom stereocenters.